The highest BCUT2D eigenvalue weighted by Crippen LogP contribution is 2.32. The molecule has 3 rings (SSSR count). The van der Waals surface area contributed by atoms with E-state index in [9.17, 15) is 0 Å². The van der Waals surface area contributed by atoms with E-state index in [1.807, 2.05) is 6.07 Å². The van der Waals surface area contributed by atoms with Gasteiger partial charge in [-0.1, -0.05) is 37.3 Å². The van der Waals surface area contributed by atoms with Gasteiger partial charge in [0.15, 0.2) is 0 Å². The zero-order valence-corrected chi connectivity index (χ0v) is 12.7. The summed E-state index contributed by atoms with van der Waals surface area (Å²) in [7, 11) is 0. The number of hydrogen-bond acceptors (Lipinski definition) is 3. The van der Waals surface area contributed by atoms with Gasteiger partial charge in [0, 0.05) is 17.8 Å². The van der Waals surface area contributed by atoms with Crippen LogP contribution < -0.4 is 4.90 Å². The van der Waals surface area contributed by atoms with E-state index in [1.165, 1.54) is 22.6 Å². The molecular weight excluding hydrogens is 266 g/mol. The lowest BCUT2D eigenvalue weighted by atomic mass is 10.1. The van der Waals surface area contributed by atoms with Gasteiger partial charge in [-0.3, -0.25) is 4.99 Å². The summed E-state index contributed by atoms with van der Waals surface area (Å²) in [4.78, 5) is 10.6. The van der Waals surface area contributed by atoms with Crippen molar-refractivity contribution in [3.8, 4) is 11.3 Å². The Hall–Kier alpha value is -1.68. The number of hydrogen-bond donors (Lipinski definition) is 1. The molecule has 1 aliphatic heterocycles. The van der Waals surface area contributed by atoms with E-state index < -0.39 is 0 Å². The van der Waals surface area contributed by atoms with Crippen LogP contribution in [0.4, 0.5) is 5.82 Å². The van der Waals surface area contributed by atoms with Gasteiger partial charge in [0.1, 0.15) is 17.5 Å². The quantitative estimate of drug-likeness (QED) is 0.925. The van der Waals surface area contributed by atoms with Crippen LogP contribution in [0.2, 0.25) is 0 Å². The third kappa shape index (κ3) is 2.36. The summed E-state index contributed by atoms with van der Waals surface area (Å²) in [5.41, 5.74) is 3.62. The van der Waals surface area contributed by atoms with Crippen LogP contribution in [0.1, 0.15) is 18.9 Å². The maximum Gasteiger partial charge on any atom is 0.118 e. The average molecular weight is 285 g/mol. The summed E-state index contributed by atoms with van der Waals surface area (Å²) in [5.74, 6) is 1.21. The standard InChI is InChI=1S/C16H19N3S/c1-3-9-19-11-17-16(20-2)13-10-14(18-15(13)19)12-7-5-4-6-8-12/h4-8,10,18H,3,9,11H2,1-2H3. The molecule has 0 atom stereocenters. The molecule has 4 heteroatoms. The van der Waals surface area contributed by atoms with Gasteiger partial charge in [0.2, 0.25) is 0 Å². The van der Waals surface area contributed by atoms with Crippen LogP contribution in [0.5, 0.6) is 0 Å². The number of anilines is 1. The summed E-state index contributed by atoms with van der Waals surface area (Å²) in [6.07, 6.45) is 3.22. The molecule has 0 aliphatic carbocycles. The third-order valence-electron chi connectivity index (χ3n) is 3.50. The van der Waals surface area contributed by atoms with Gasteiger partial charge < -0.3 is 9.88 Å². The van der Waals surface area contributed by atoms with Gasteiger partial charge in [-0.15, -0.1) is 11.8 Å². The van der Waals surface area contributed by atoms with Crippen LogP contribution in [0.3, 0.4) is 0 Å². The largest absolute Gasteiger partial charge is 0.341 e. The molecule has 0 saturated heterocycles. The van der Waals surface area contributed by atoms with Gasteiger partial charge in [-0.25, -0.2) is 0 Å². The van der Waals surface area contributed by atoms with E-state index >= 15 is 0 Å². The lowest BCUT2D eigenvalue weighted by molar-refractivity contribution is 0.763. The van der Waals surface area contributed by atoms with Crippen molar-refractivity contribution in [2.75, 3.05) is 24.4 Å². The highest BCUT2D eigenvalue weighted by molar-refractivity contribution is 8.13. The van der Waals surface area contributed by atoms with Gasteiger partial charge in [0.05, 0.1) is 0 Å². The minimum atomic E-state index is 0.756. The first kappa shape index (κ1) is 13.3. The van der Waals surface area contributed by atoms with E-state index in [0.717, 1.165) is 24.7 Å². The summed E-state index contributed by atoms with van der Waals surface area (Å²) < 4.78 is 0. The number of benzene rings is 1. The summed E-state index contributed by atoms with van der Waals surface area (Å²) >= 11 is 1.72. The first-order valence-corrected chi connectivity index (χ1v) is 8.18. The molecule has 0 saturated carbocycles. The predicted molar refractivity (Wildman–Crippen MR) is 88.8 cm³/mol. The Morgan fingerprint density at radius 3 is 2.80 bits per heavy atom. The minimum Gasteiger partial charge on any atom is -0.341 e. The monoisotopic (exact) mass is 285 g/mol. The first-order valence-electron chi connectivity index (χ1n) is 6.95. The zero-order valence-electron chi connectivity index (χ0n) is 11.9. The number of aliphatic imine (C=N–C) groups is 1. The predicted octanol–water partition coefficient (Wildman–Crippen LogP) is 3.98. The molecule has 0 unspecified atom stereocenters. The fourth-order valence-electron chi connectivity index (χ4n) is 2.56. The molecule has 2 heterocycles. The van der Waals surface area contributed by atoms with E-state index in [0.29, 0.717) is 0 Å². The molecule has 0 bridgehead atoms. The summed E-state index contributed by atoms with van der Waals surface area (Å²) in [5, 5.41) is 1.13. The van der Waals surface area contributed by atoms with Gasteiger partial charge in [-0.05, 0) is 24.3 Å². The third-order valence-corrected chi connectivity index (χ3v) is 4.24. The number of H-pyrrole nitrogens is 1. The minimum absolute atomic E-state index is 0.756. The van der Waals surface area contributed by atoms with Crippen LogP contribution in [0.15, 0.2) is 41.4 Å². The number of rotatable bonds is 3. The van der Waals surface area contributed by atoms with Gasteiger partial charge in [0.25, 0.3) is 0 Å². The van der Waals surface area contributed by atoms with Gasteiger partial charge >= 0.3 is 0 Å². The maximum absolute atomic E-state index is 4.68. The number of nitrogens with zero attached hydrogens (tertiary/aromatic N) is 2. The Morgan fingerprint density at radius 2 is 2.10 bits per heavy atom. The van der Waals surface area contributed by atoms with E-state index in [1.54, 1.807) is 11.8 Å². The molecule has 1 aromatic carbocycles. The van der Waals surface area contributed by atoms with Crippen LogP contribution in [0.25, 0.3) is 11.3 Å². The van der Waals surface area contributed by atoms with Crippen molar-refractivity contribution in [3.05, 3.63) is 42.0 Å². The number of aromatic nitrogens is 1. The molecule has 3 nitrogen and oxygen atoms in total. The van der Waals surface area contributed by atoms with Crippen molar-refractivity contribution in [3.63, 3.8) is 0 Å². The molecule has 2 aromatic rings. The van der Waals surface area contributed by atoms with Crippen LogP contribution in [-0.4, -0.2) is 29.5 Å². The van der Waals surface area contributed by atoms with E-state index in [-0.39, 0.29) is 0 Å². The van der Waals surface area contributed by atoms with Crippen molar-refractivity contribution >= 4 is 22.6 Å². The Morgan fingerprint density at radius 1 is 1.30 bits per heavy atom. The van der Waals surface area contributed by atoms with E-state index in [4.69, 9.17) is 0 Å². The van der Waals surface area contributed by atoms with Crippen molar-refractivity contribution in [1.82, 2.24) is 4.98 Å². The second-order valence-electron chi connectivity index (χ2n) is 4.88. The van der Waals surface area contributed by atoms with Crippen molar-refractivity contribution in [2.45, 2.75) is 13.3 Å². The molecule has 1 aromatic heterocycles. The first-order chi connectivity index (χ1) is 9.83. The molecule has 0 amide bonds. The lowest BCUT2D eigenvalue weighted by Gasteiger charge is -2.26. The second kappa shape index (κ2) is 5.75. The number of nitrogens with one attached hydrogen (secondary N) is 1. The van der Waals surface area contributed by atoms with Crippen molar-refractivity contribution < 1.29 is 0 Å². The molecule has 0 fully saturated rings. The SMILES string of the molecule is CCCN1CN=C(SC)c2cc(-c3ccccc3)[nH]c21. The summed E-state index contributed by atoms with van der Waals surface area (Å²) in [6, 6.07) is 12.7. The maximum atomic E-state index is 4.68. The molecule has 0 radical (unpaired) electrons. The normalized spacial score (nSPS) is 14.1. The highest BCUT2D eigenvalue weighted by Gasteiger charge is 2.22. The molecule has 1 aliphatic rings. The molecule has 104 valence electrons. The second-order valence-corrected chi connectivity index (χ2v) is 5.68. The molecule has 0 spiro atoms. The lowest BCUT2D eigenvalue weighted by Crippen LogP contribution is -2.29. The van der Waals surface area contributed by atoms with E-state index in [2.05, 4.69) is 58.4 Å². The molecule has 20 heavy (non-hydrogen) atoms. The highest BCUT2D eigenvalue weighted by atomic mass is 32.2. The van der Waals surface area contributed by atoms with Crippen LogP contribution >= 0.6 is 11.8 Å². The van der Waals surface area contributed by atoms with Crippen molar-refractivity contribution in [2.24, 2.45) is 4.99 Å². The van der Waals surface area contributed by atoms with Crippen molar-refractivity contribution in [1.29, 1.82) is 0 Å². The average Bonchev–Trinajstić information content (AvgIpc) is 2.94. The van der Waals surface area contributed by atoms with Gasteiger partial charge in [-0.2, -0.15) is 0 Å². The Bertz CT molecular complexity index is 616. The molecule has 1 N–H and O–H groups in total. The van der Waals surface area contributed by atoms with Crippen LogP contribution in [-0.2, 0) is 0 Å². The Balaban J connectivity index is 2.04. The fourth-order valence-corrected chi connectivity index (χ4v) is 3.12. The zero-order chi connectivity index (χ0) is 13.9. The topological polar surface area (TPSA) is 31.4 Å². The Labute approximate surface area is 124 Å². The fraction of sp³-hybridized carbons (Fsp3) is 0.312. The van der Waals surface area contributed by atoms with Crippen LogP contribution in [0, 0.1) is 0 Å². The molecular formula is C16H19N3S. The summed E-state index contributed by atoms with van der Waals surface area (Å²) in [6.45, 7) is 3.99. The Kier molecular flexibility index (Phi) is 3.83. The number of thioether (sulfide) groups is 1. The number of aromatic amines is 1. The smallest absolute Gasteiger partial charge is 0.118 e. The number of fused-ring (bicyclic) bond motifs is 1.